The van der Waals surface area contributed by atoms with Gasteiger partial charge in [-0.3, -0.25) is 4.98 Å². The first-order valence-electron chi connectivity index (χ1n) is 5.56. The topological polar surface area (TPSA) is 42.2 Å². The van der Waals surface area contributed by atoms with Gasteiger partial charge < -0.3 is 10.6 Å². The maximum atomic E-state index is 5.70. The summed E-state index contributed by atoms with van der Waals surface area (Å²) in [6, 6.07) is 2.05. The predicted molar refractivity (Wildman–Crippen MR) is 62.7 cm³/mol. The maximum absolute atomic E-state index is 5.70. The van der Waals surface area contributed by atoms with Crippen LogP contribution in [0.2, 0.25) is 0 Å². The summed E-state index contributed by atoms with van der Waals surface area (Å²) in [5, 5.41) is 0. The van der Waals surface area contributed by atoms with Crippen LogP contribution >= 0.6 is 0 Å². The molecule has 0 saturated heterocycles. The SMILES string of the molecule is CC1CC1CN(C)c1ccncc1CN. The van der Waals surface area contributed by atoms with Crippen LogP contribution in [0.1, 0.15) is 18.9 Å². The number of nitrogens with two attached hydrogens (primary N) is 1. The molecule has 1 saturated carbocycles. The van der Waals surface area contributed by atoms with Crippen molar-refractivity contribution in [3.63, 3.8) is 0 Å². The summed E-state index contributed by atoms with van der Waals surface area (Å²) in [6.45, 7) is 4.01. The Balaban J connectivity index is 2.06. The summed E-state index contributed by atoms with van der Waals surface area (Å²) in [6.07, 6.45) is 5.07. The van der Waals surface area contributed by atoms with Gasteiger partial charge in [0.25, 0.3) is 0 Å². The van der Waals surface area contributed by atoms with Crippen molar-refractivity contribution in [1.29, 1.82) is 0 Å². The van der Waals surface area contributed by atoms with Crippen LogP contribution in [0.3, 0.4) is 0 Å². The Hall–Kier alpha value is -1.09. The standard InChI is InChI=1S/C12H19N3/c1-9-5-10(9)8-15(2)12-3-4-14-7-11(12)6-13/h3-4,7,9-10H,5-6,8,13H2,1-2H3. The summed E-state index contributed by atoms with van der Waals surface area (Å²) in [7, 11) is 2.14. The van der Waals surface area contributed by atoms with Crippen molar-refractivity contribution >= 4 is 5.69 Å². The molecule has 0 spiro atoms. The second kappa shape index (κ2) is 4.19. The largest absolute Gasteiger partial charge is 0.374 e. The van der Waals surface area contributed by atoms with Gasteiger partial charge in [-0.25, -0.2) is 0 Å². The Morgan fingerprint density at radius 3 is 2.93 bits per heavy atom. The number of anilines is 1. The van der Waals surface area contributed by atoms with Gasteiger partial charge in [0.1, 0.15) is 0 Å². The first-order valence-corrected chi connectivity index (χ1v) is 5.56. The quantitative estimate of drug-likeness (QED) is 0.812. The summed E-state index contributed by atoms with van der Waals surface area (Å²) in [4.78, 5) is 6.41. The molecular weight excluding hydrogens is 186 g/mol. The van der Waals surface area contributed by atoms with E-state index < -0.39 is 0 Å². The second-order valence-electron chi connectivity index (χ2n) is 4.56. The molecule has 0 amide bonds. The van der Waals surface area contributed by atoms with E-state index in [2.05, 4.69) is 29.9 Å². The van der Waals surface area contributed by atoms with Gasteiger partial charge in [-0.2, -0.15) is 0 Å². The van der Waals surface area contributed by atoms with Crippen LogP contribution < -0.4 is 10.6 Å². The van der Waals surface area contributed by atoms with Crippen molar-refractivity contribution in [2.45, 2.75) is 19.9 Å². The average Bonchev–Trinajstić information content (AvgIpc) is 2.94. The third-order valence-electron chi connectivity index (χ3n) is 3.29. The Labute approximate surface area is 91.3 Å². The van der Waals surface area contributed by atoms with E-state index in [1.165, 1.54) is 12.1 Å². The van der Waals surface area contributed by atoms with E-state index in [4.69, 9.17) is 5.73 Å². The molecule has 0 aromatic carbocycles. The number of pyridine rings is 1. The molecule has 1 fully saturated rings. The number of hydrogen-bond donors (Lipinski definition) is 1. The van der Waals surface area contributed by atoms with Gasteiger partial charge >= 0.3 is 0 Å². The molecular formula is C12H19N3. The van der Waals surface area contributed by atoms with Crippen molar-refractivity contribution < 1.29 is 0 Å². The zero-order chi connectivity index (χ0) is 10.8. The number of hydrogen-bond acceptors (Lipinski definition) is 3. The van der Waals surface area contributed by atoms with E-state index in [0.29, 0.717) is 6.54 Å². The molecule has 1 heterocycles. The summed E-state index contributed by atoms with van der Waals surface area (Å²) in [5.41, 5.74) is 8.06. The lowest BCUT2D eigenvalue weighted by Crippen LogP contribution is -2.22. The van der Waals surface area contributed by atoms with Gasteiger partial charge in [-0.15, -0.1) is 0 Å². The molecule has 2 rings (SSSR count). The normalized spacial score (nSPS) is 23.9. The fraction of sp³-hybridized carbons (Fsp3) is 0.583. The summed E-state index contributed by atoms with van der Waals surface area (Å²) >= 11 is 0. The van der Waals surface area contributed by atoms with Crippen molar-refractivity contribution in [2.75, 3.05) is 18.5 Å². The minimum Gasteiger partial charge on any atom is -0.374 e. The van der Waals surface area contributed by atoms with Crippen LogP contribution in [0.25, 0.3) is 0 Å². The Bertz CT molecular complexity index is 337. The highest BCUT2D eigenvalue weighted by molar-refractivity contribution is 5.51. The molecule has 82 valence electrons. The van der Waals surface area contributed by atoms with Crippen LogP contribution in [0.15, 0.2) is 18.5 Å². The molecule has 0 aliphatic heterocycles. The van der Waals surface area contributed by atoms with Crippen LogP contribution in [-0.4, -0.2) is 18.6 Å². The molecule has 1 aromatic rings. The molecule has 2 N–H and O–H groups in total. The molecule has 0 bridgehead atoms. The van der Waals surface area contributed by atoms with Crippen molar-refractivity contribution in [2.24, 2.45) is 17.6 Å². The van der Waals surface area contributed by atoms with Crippen molar-refractivity contribution in [3.8, 4) is 0 Å². The van der Waals surface area contributed by atoms with E-state index >= 15 is 0 Å². The number of rotatable bonds is 4. The first kappa shape index (κ1) is 10.4. The van der Waals surface area contributed by atoms with Gasteiger partial charge in [0, 0.05) is 43.8 Å². The number of nitrogens with zero attached hydrogens (tertiary/aromatic N) is 2. The predicted octanol–water partition coefficient (Wildman–Crippen LogP) is 1.63. The first-order chi connectivity index (χ1) is 7.22. The van der Waals surface area contributed by atoms with E-state index in [9.17, 15) is 0 Å². The van der Waals surface area contributed by atoms with Crippen LogP contribution in [-0.2, 0) is 6.54 Å². The zero-order valence-electron chi connectivity index (χ0n) is 9.48. The average molecular weight is 205 g/mol. The lowest BCUT2D eigenvalue weighted by molar-refractivity contribution is 0.722. The molecule has 15 heavy (non-hydrogen) atoms. The Morgan fingerprint density at radius 2 is 2.33 bits per heavy atom. The minimum atomic E-state index is 0.563. The summed E-state index contributed by atoms with van der Waals surface area (Å²) in [5.74, 6) is 1.77. The summed E-state index contributed by atoms with van der Waals surface area (Å²) < 4.78 is 0. The molecule has 1 aliphatic rings. The maximum Gasteiger partial charge on any atom is 0.0440 e. The zero-order valence-corrected chi connectivity index (χ0v) is 9.48. The highest BCUT2D eigenvalue weighted by Gasteiger charge is 2.33. The van der Waals surface area contributed by atoms with Crippen LogP contribution in [0, 0.1) is 11.8 Å². The fourth-order valence-electron chi connectivity index (χ4n) is 2.05. The molecule has 3 heteroatoms. The molecule has 1 aliphatic carbocycles. The molecule has 2 atom stereocenters. The van der Waals surface area contributed by atoms with Gasteiger partial charge in [-0.1, -0.05) is 6.92 Å². The van der Waals surface area contributed by atoms with E-state index in [0.717, 1.165) is 23.9 Å². The van der Waals surface area contributed by atoms with Crippen molar-refractivity contribution in [1.82, 2.24) is 4.98 Å². The highest BCUT2D eigenvalue weighted by Crippen LogP contribution is 2.38. The smallest absolute Gasteiger partial charge is 0.0440 e. The molecule has 2 unspecified atom stereocenters. The monoisotopic (exact) mass is 205 g/mol. The third-order valence-corrected chi connectivity index (χ3v) is 3.29. The fourth-order valence-corrected chi connectivity index (χ4v) is 2.05. The minimum absolute atomic E-state index is 0.563. The van der Waals surface area contributed by atoms with Crippen LogP contribution in [0.5, 0.6) is 0 Å². The molecule has 1 aromatic heterocycles. The lowest BCUT2D eigenvalue weighted by atomic mass is 10.2. The second-order valence-corrected chi connectivity index (χ2v) is 4.56. The van der Waals surface area contributed by atoms with E-state index in [1.807, 2.05) is 12.4 Å². The Kier molecular flexibility index (Phi) is 2.91. The van der Waals surface area contributed by atoms with Crippen molar-refractivity contribution in [3.05, 3.63) is 24.0 Å². The number of aromatic nitrogens is 1. The van der Waals surface area contributed by atoms with Gasteiger partial charge in [0.2, 0.25) is 0 Å². The molecule has 3 nitrogen and oxygen atoms in total. The molecule has 0 radical (unpaired) electrons. The Morgan fingerprint density at radius 1 is 1.60 bits per heavy atom. The van der Waals surface area contributed by atoms with Gasteiger partial charge in [-0.05, 0) is 24.3 Å². The van der Waals surface area contributed by atoms with E-state index in [-0.39, 0.29) is 0 Å². The van der Waals surface area contributed by atoms with E-state index in [1.54, 1.807) is 0 Å². The van der Waals surface area contributed by atoms with Crippen LogP contribution in [0.4, 0.5) is 5.69 Å². The highest BCUT2D eigenvalue weighted by atomic mass is 15.1. The lowest BCUT2D eigenvalue weighted by Gasteiger charge is -2.21. The van der Waals surface area contributed by atoms with Gasteiger partial charge in [0.15, 0.2) is 0 Å². The third kappa shape index (κ3) is 2.29. The van der Waals surface area contributed by atoms with Gasteiger partial charge in [0.05, 0.1) is 0 Å².